The van der Waals surface area contributed by atoms with Crippen LogP contribution in [0.1, 0.15) is 11.1 Å². The number of thioether (sulfide) groups is 1. The topological polar surface area (TPSA) is 41.6 Å². The highest BCUT2D eigenvalue weighted by Crippen LogP contribution is 2.20. The van der Waals surface area contributed by atoms with E-state index in [0.717, 1.165) is 36.6 Å². The van der Waals surface area contributed by atoms with Crippen LogP contribution in [-0.4, -0.2) is 42.5 Å². The summed E-state index contributed by atoms with van der Waals surface area (Å²) >= 11 is 2.01. The maximum absolute atomic E-state index is 12.4. The molecule has 0 aliphatic carbocycles. The second kappa shape index (κ2) is 8.92. The third-order valence-electron chi connectivity index (χ3n) is 4.31. The minimum atomic E-state index is 0.00631. The summed E-state index contributed by atoms with van der Waals surface area (Å²) in [5.41, 5.74) is 3.07. The summed E-state index contributed by atoms with van der Waals surface area (Å²) in [7, 11) is 1.64. The summed E-state index contributed by atoms with van der Waals surface area (Å²) in [6, 6.07) is 15.7. The zero-order valence-corrected chi connectivity index (χ0v) is 15.3. The number of nitrogens with zero attached hydrogens (tertiary/aromatic N) is 1. The Hall–Kier alpha value is -1.98. The summed E-state index contributed by atoms with van der Waals surface area (Å²) in [5.74, 6) is 3.18. The van der Waals surface area contributed by atoms with Gasteiger partial charge in [0.2, 0.25) is 5.91 Å². The van der Waals surface area contributed by atoms with Crippen molar-refractivity contribution in [3.63, 3.8) is 0 Å². The number of anilines is 1. The zero-order valence-electron chi connectivity index (χ0n) is 14.5. The molecule has 0 atom stereocenters. The van der Waals surface area contributed by atoms with E-state index in [1.54, 1.807) is 7.11 Å². The summed E-state index contributed by atoms with van der Waals surface area (Å²) < 4.78 is 5.15. The molecule has 2 aromatic carbocycles. The first-order valence-electron chi connectivity index (χ1n) is 8.55. The van der Waals surface area contributed by atoms with Crippen molar-refractivity contribution in [2.24, 2.45) is 0 Å². The monoisotopic (exact) mass is 356 g/mol. The van der Waals surface area contributed by atoms with Crippen molar-refractivity contribution in [1.82, 2.24) is 4.90 Å². The molecule has 0 spiro atoms. The van der Waals surface area contributed by atoms with Crippen LogP contribution in [0.3, 0.4) is 0 Å². The molecule has 2 aromatic rings. The molecule has 1 amide bonds. The number of carbonyl (C=O) groups is 1. The lowest BCUT2D eigenvalue weighted by molar-refractivity contribution is -0.115. The van der Waals surface area contributed by atoms with Gasteiger partial charge in [-0.2, -0.15) is 11.8 Å². The predicted octanol–water partition coefficient (Wildman–Crippen LogP) is 3.43. The number of carbonyl (C=O) groups excluding carboxylic acids is 1. The van der Waals surface area contributed by atoms with Crippen LogP contribution in [-0.2, 0) is 17.8 Å². The molecule has 1 heterocycles. The smallest absolute Gasteiger partial charge is 0.228 e. The van der Waals surface area contributed by atoms with E-state index in [9.17, 15) is 4.79 Å². The van der Waals surface area contributed by atoms with Crippen molar-refractivity contribution >= 4 is 23.4 Å². The summed E-state index contributed by atoms with van der Waals surface area (Å²) in [4.78, 5) is 14.9. The fourth-order valence-electron chi connectivity index (χ4n) is 2.90. The fraction of sp³-hybridized carbons (Fsp3) is 0.350. The van der Waals surface area contributed by atoms with Gasteiger partial charge in [-0.1, -0.05) is 30.3 Å². The molecule has 132 valence electrons. The first-order valence-corrected chi connectivity index (χ1v) is 9.71. The van der Waals surface area contributed by atoms with Gasteiger partial charge in [0.05, 0.1) is 13.5 Å². The fourth-order valence-corrected chi connectivity index (χ4v) is 3.88. The van der Waals surface area contributed by atoms with Gasteiger partial charge < -0.3 is 10.1 Å². The number of rotatable bonds is 6. The molecular formula is C20H24N2O2S. The van der Waals surface area contributed by atoms with Crippen molar-refractivity contribution in [2.75, 3.05) is 37.0 Å². The number of amides is 1. The van der Waals surface area contributed by atoms with Crippen LogP contribution >= 0.6 is 11.8 Å². The normalized spacial score (nSPS) is 14.9. The largest absolute Gasteiger partial charge is 0.497 e. The van der Waals surface area contributed by atoms with E-state index in [1.165, 1.54) is 17.1 Å². The first kappa shape index (κ1) is 17.8. The van der Waals surface area contributed by atoms with E-state index < -0.39 is 0 Å². The van der Waals surface area contributed by atoms with Crippen molar-refractivity contribution < 1.29 is 9.53 Å². The van der Waals surface area contributed by atoms with Gasteiger partial charge in [-0.25, -0.2) is 0 Å². The van der Waals surface area contributed by atoms with Crippen molar-refractivity contribution in [1.29, 1.82) is 0 Å². The second-order valence-corrected chi connectivity index (χ2v) is 7.34. The van der Waals surface area contributed by atoms with Gasteiger partial charge in [0.15, 0.2) is 0 Å². The van der Waals surface area contributed by atoms with Gasteiger partial charge in [0.25, 0.3) is 0 Å². The van der Waals surface area contributed by atoms with Crippen molar-refractivity contribution in [3.05, 3.63) is 59.7 Å². The predicted molar refractivity (Wildman–Crippen MR) is 104 cm³/mol. The molecule has 1 N–H and O–H groups in total. The second-order valence-electron chi connectivity index (χ2n) is 6.12. The van der Waals surface area contributed by atoms with Crippen LogP contribution in [0.4, 0.5) is 5.69 Å². The number of para-hydroxylation sites is 1. The third kappa shape index (κ3) is 5.25. The molecule has 0 aromatic heterocycles. The van der Waals surface area contributed by atoms with E-state index >= 15 is 0 Å². The Balaban J connectivity index is 1.62. The highest BCUT2D eigenvalue weighted by Gasteiger charge is 2.14. The van der Waals surface area contributed by atoms with E-state index in [0.29, 0.717) is 6.42 Å². The average molecular weight is 356 g/mol. The summed E-state index contributed by atoms with van der Waals surface area (Å²) in [5, 5.41) is 3.08. The van der Waals surface area contributed by atoms with Gasteiger partial charge >= 0.3 is 0 Å². The lowest BCUT2D eigenvalue weighted by Gasteiger charge is -2.27. The summed E-state index contributed by atoms with van der Waals surface area (Å²) in [6.07, 6.45) is 0.360. The molecule has 3 rings (SSSR count). The maximum Gasteiger partial charge on any atom is 0.228 e. The van der Waals surface area contributed by atoms with Gasteiger partial charge in [-0.15, -0.1) is 0 Å². The average Bonchev–Trinajstić information content (AvgIpc) is 2.65. The van der Waals surface area contributed by atoms with Crippen LogP contribution in [0.5, 0.6) is 5.75 Å². The molecule has 1 aliphatic rings. The quantitative estimate of drug-likeness (QED) is 0.861. The number of hydrogen-bond acceptors (Lipinski definition) is 4. The molecule has 1 saturated heterocycles. The Labute approximate surface area is 153 Å². The van der Waals surface area contributed by atoms with Crippen LogP contribution in [0.25, 0.3) is 0 Å². The molecule has 0 unspecified atom stereocenters. The van der Waals surface area contributed by atoms with Crippen molar-refractivity contribution in [3.8, 4) is 5.75 Å². The minimum absolute atomic E-state index is 0.00631. The van der Waals surface area contributed by atoms with Crippen LogP contribution < -0.4 is 10.1 Å². The Morgan fingerprint density at radius 3 is 2.56 bits per heavy atom. The molecule has 0 bridgehead atoms. The third-order valence-corrected chi connectivity index (χ3v) is 5.26. The standard InChI is InChI=1S/C20H24N2O2S/c1-24-18-8-6-16(7-9-18)14-20(23)21-19-5-3-2-4-17(19)15-22-10-12-25-13-11-22/h2-9H,10-15H2,1H3,(H,21,23). The lowest BCUT2D eigenvalue weighted by Crippen LogP contribution is -2.32. The number of benzene rings is 2. The maximum atomic E-state index is 12.4. The molecular weight excluding hydrogens is 332 g/mol. The van der Waals surface area contributed by atoms with E-state index in [1.807, 2.05) is 54.2 Å². The van der Waals surface area contributed by atoms with E-state index in [4.69, 9.17) is 4.74 Å². The number of methoxy groups -OCH3 is 1. The zero-order chi connectivity index (χ0) is 17.5. The molecule has 4 nitrogen and oxygen atoms in total. The van der Waals surface area contributed by atoms with Crippen molar-refractivity contribution in [2.45, 2.75) is 13.0 Å². The van der Waals surface area contributed by atoms with Gasteiger partial charge in [-0.05, 0) is 29.3 Å². The van der Waals surface area contributed by atoms with E-state index in [2.05, 4.69) is 16.3 Å². The van der Waals surface area contributed by atoms with Crippen LogP contribution in [0.15, 0.2) is 48.5 Å². The van der Waals surface area contributed by atoms with Gasteiger partial charge in [0.1, 0.15) is 5.75 Å². The Kier molecular flexibility index (Phi) is 6.36. The number of ether oxygens (including phenoxy) is 1. The highest BCUT2D eigenvalue weighted by atomic mass is 32.2. The Morgan fingerprint density at radius 1 is 1.12 bits per heavy atom. The highest BCUT2D eigenvalue weighted by molar-refractivity contribution is 7.99. The van der Waals surface area contributed by atoms with Crippen LogP contribution in [0.2, 0.25) is 0 Å². The molecule has 1 fully saturated rings. The molecule has 25 heavy (non-hydrogen) atoms. The first-order chi connectivity index (χ1) is 12.2. The SMILES string of the molecule is COc1ccc(CC(=O)Nc2ccccc2CN2CCSCC2)cc1. The van der Waals surface area contributed by atoms with E-state index in [-0.39, 0.29) is 5.91 Å². The summed E-state index contributed by atoms with van der Waals surface area (Å²) in [6.45, 7) is 3.11. The van der Waals surface area contributed by atoms with Gasteiger partial charge in [-0.3, -0.25) is 9.69 Å². The molecule has 0 saturated carbocycles. The minimum Gasteiger partial charge on any atom is -0.497 e. The van der Waals surface area contributed by atoms with Gasteiger partial charge in [0, 0.05) is 36.8 Å². The number of nitrogens with one attached hydrogen (secondary N) is 1. The molecule has 5 heteroatoms. The Bertz CT molecular complexity index is 697. The lowest BCUT2D eigenvalue weighted by atomic mass is 10.1. The number of hydrogen-bond donors (Lipinski definition) is 1. The molecule has 1 aliphatic heterocycles. The molecule has 0 radical (unpaired) electrons. The Morgan fingerprint density at radius 2 is 1.84 bits per heavy atom. The van der Waals surface area contributed by atoms with Crippen LogP contribution in [0, 0.1) is 0 Å².